The summed E-state index contributed by atoms with van der Waals surface area (Å²) < 4.78 is 0. The Bertz CT molecular complexity index is 1130. The van der Waals surface area contributed by atoms with Gasteiger partial charge in [-0.05, 0) is 67.3 Å². The van der Waals surface area contributed by atoms with E-state index in [1.54, 1.807) is 6.07 Å². The number of hydrogen-bond acceptors (Lipinski definition) is 4. The standard InChI is InChI=1S/C27H32N4O2/c1-19(22-11-6-9-20-8-2-3-10-23(20)22)29-27(33)24-18-21(30-26(32)12-7-15-28)13-14-25(24)31-16-4-5-17-31/h2-3,6,8-11,13-14,18-19H,4-5,7,12,15-17,28H2,1H3,(H,29,33)(H,30,32)/t19-/m1/s1. The molecular formula is C27H32N4O2. The molecule has 0 unspecified atom stereocenters. The van der Waals surface area contributed by atoms with Crippen molar-refractivity contribution in [1.82, 2.24) is 5.32 Å². The van der Waals surface area contributed by atoms with Crippen molar-refractivity contribution in [3.63, 3.8) is 0 Å². The number of anilines is 2. The van der Waals surface area contributed by atoms with Gasteiger partial charge >= 0.3 is 0 Å². The van der Waals surface area contributed by atoms with Crippen molar-refractivity contribution in [3.8, 4) is 0 Å². The second kappa shape index (κ2) is 10.5. The minimum atomic E-state index is -0.169. The van der Waals surface area contributed by atoms with E-state index in [2.05, 4.69) is 39.8 Å². The smallest absolute Gasteiger partial charge is 0.253 e. The lowest BCUT2D eigenvalue weighted by atomic mass is 9.99. The average molecular weight is 445 g/mol. The number of benzene rings is 3. The van der Waals surface area contributed by atoms with Crippen LogP contribution in [-0.2, 0) is 4.79 Å². The molecule has 4 rings (SSSR count). The maximum absolute atomic E-state index is 13.5. The number of carbonyl (C=O) groups is 2. The molecule has 0 spiro atoms. The maximum atomic E-state index is 13.5. The average Bonchev–Trinajstić information content (AvgIpc) is 3.37. The van der Waals surface area contributed by atoms with Crippen LogP contribution in [0.3, 0.4) is 0 Å². The number of hydrogen-bond donors (Lipinski definition) is 3. The second-order valence-corrected chi connectivity index (χ2v) is 8.63. The van der Waals surface area contributed by atoms with Gasteiger partial charge in [-0.15, -0.1) is 0 Å². The van der Waals surface area contributed by atoms with Crippen LogP contribution >= 0.6 is 0 Å². The monoisotopic (exact) mass is 444 g/mol. The van der Waals surface area contributed by atoms with Crippen LogP contribution < -0.4 is 21.3 Å². The van der Waals surface area contributed by atoms with E-state index in [0.717, 1.165) is 48.0 Å². The molecular weight excluding hydrogens is 412 g/mol. The highest BCUT2D eigenvalue weighted by Gasteiger charge is 2.22. The molecule has 2 amide bonds. The summed E-state index contributed by atoms with van der Waals surface area (Å²) >= 11 is 0. The predicted octanol–water partition coefficient (Wildman–Crippen LogP) is 4.61. The Morgan fingerprint density at radius 1 is 1.03 bits per heavy atom. The normalized spacial score (nSPS) is 14.3. The molecule has 3 aromatic rings. The minimum absolute atomic E-state index is 0.0927. The summed E-state index contributed by atoms with van der Waals surface area (Å²) in [6.07, 6.45) is 3.23. The summed E-state index contributed by atoms with van der Waals surface area (Å²) in [7, 11) is 0. The fourth-order valence-electron chi connectivity index (χ4n) is 4.50. The van der Waals surface area contributed by atoms with Crippen molar-refractivity contribution in [1.29, 1.82) is 0 Å². The molecule has 0 saturated carbocycles. The molecule has 33 heavy (non-hydrogen) atoms. The van der Waals surface area contributed by atoms with E-state index in [9.17, 15) is 9.59 Å². The zero-order valence-electron chi connectivity index (χ0n) is 19.1. The summed E-state index contributed by atoms with van der Waals surface area (Å²) in [6, 6.07) is 19.8. The van der Waals surface area contributed by atoms with Gasteiger partial charge in [-0.2, -0.15) is 0 Å². The molecule has 0 bridgehead atoms. The molecule has 0 aliphatic carbocycles. The Balaban J connectivity index is 1.60. The van der Waals surface area contributed by atoms with Gasteiger partial charge in [0.2, 0.25) is 5.91 Å². The first-order valence-corrected chi connectivity index (χ1v) is 11.7. The first kappa shape index (κ1) is 22.8. The van der Waals surface area contributed by atoms with Gasteiger partial charge in [0.05, 0.1) is 11.6 Å². The third-order valence-electron chi connectivity index (χ3n) is 6.22. The fraction of sp³-hybridized carbons (Fsp3) is 0.333. The highest BCUT2D eigenvalue weighted by Crippen LogP contribution is 2.29. The minimum Gasteiger partial charge on any atom is -0.371 e. The van der Waals surface area contributed by atoms with Gasteiger partial charge in [-0.1, -0.05) is 42.5 Å². The van der Waals surface area contributed by atoms with E-state index in [-0.39, 0.29) is 17.9 Å². The summed E-state index contributed by atoms with van der Waals surface area (Å²) in [5.41, 5.74) is 8.72. The van der Waals surface area contributed by atoms with Crippen LogP contribution in [0.2, 0.25) is 0 Å². The van der Waals surface area contributed by atoms with Gasteiger partial charge in [0.25, 0.3) is 5.91 Å². The first-order chi connectivity index (χ1) is 16.1. The molecule has 1 saturated heterocycles. The first-order valence-electron chi connectivity index (χ1n) is 11.7. The SMILES string of the molecule is C[C@@H](NC(=O)c1cc(NC(=O)CCCN)ccc1N1CCCC1)c1cccc2ccccc12. The van der Waals surface area contributed by atoms with Crippen LogP contribution in [0.5, 0.6) is 0 Å². The van der Waals surface area contributed by atoms with Crippen LogP contribution in [0.25, 0.3) is 10.8 Å². The number of fused-ring (bicyclic) bond motifs is 1. The van der Waals surface area contributed by atoms with Crippen LogP contribution in [0.4, 0.5) is 11.4 Å². The van der Waals surface area contributed by atoms with E-state index in [1.807, 2.05) is 37.3 Å². The number of nitrogens with zero attached hydrogens (tertiary/aromatic N) is 1. The fourth-order valence-corrected chi connectivity index (χ4v) is 4.50. The lowest BCUT2D eigenvalue weighted by molar-refractivity contribution is -0.116. The van der Waals surface area contributed by atoms with Gasteiger partial charge < -0.3 is 21.3 Å². The quantitative estimate of drug-likeness (QED) is 0.474. The van der Waals surface area contributed by atoms with Crippen molar-refractivity contribution < 1.29 is 9.59 Å². The highest BCUT2D eigenvalue weighted by molar-refractivity contribution is 6.02. The lowest BCUT2D eigenvalue weighted by Gasteiger charge is -2.23. The van der Waals surface area contributed by atoms with Crippen molar-refractivity contribution in [2.75, 3.05) is 29.9 Å². The van der Waals surface area contributed by atoms with Crippen molar-refractivity contribution >= 4 is 34.0 Å². The maximum Gasteiger partial charge on any atom is 0.253 e. The van der Waals surface area contributed by atoms with Gasteiger partial charge in [0.1, 0.15) is 0 Å². The third kappa shape index (κ3) is 5.34. The molecule has 1 fully saturated rings. The van der Waals surface area contributed by atoms with E-state index >= 15 is 0 Å². The molecule has 0 aromatic heterocycles. The molecule has 172 valence electrons. The van der Waals surface area contributed by atoms with Gasteiger partial charge in [0.15, 0.2) is 0 Å². The number of carbonyl (C=O) groups excluding carboxylic acids is 2. The summed E-state index contributed by atoms with van der Waals surface area (Å²) in [6.45, 7) is 4.34. The van der Waals surface area contributed by atoms with E-state index in [4.69, 9.17) is 5.73 Å². The molecule has 1 aliphatic heterocycles. The molecule has 6 heteroatoms. The van der Waals surface area contributed by atoms with Gasteiger partial charge in [0, 0.05) is 30.9 Å². The van der Waals surface area contributed by atoms with Crippen LogP contribution in [-0.4, -0.2) is 31.4 Å². The molecule has 1 aliphatic rings. The lowest BCUT2D eigenvalue weighted by Crippen LogP contribution is -2.30. The van der Waals surface area contributed by atoms with Gasteiger partial charge in [-0.25, -0.2) is 0 Å². The number of rotatable bonds is 8. The van der Waals surface area contributed by atoms with E-state index in [1.165, 1.54) is 0 Å². The van der Waals surface area contributed by atoms with Crippen molar-refractivity contribution in [2.45, 2.75) is 38.6 Å². The number of nitrogens with one attached hydrogen (secondary N) is 2. The second-order valence-electron chi connectivity index (χ2n) is 8.63. The van der Waals surface area contributed by atoms with Crippen LogP contribution in [0.1, 0.15) is 54.6 Å². The molecule has 3 aromatic carbocycles. The molecule has 4 N–H and O–H groups in total. The Kier molecular flexibility index (Phi) is 7.25. The molecule has 0 radical (unpaired) electrons. The Morgan fingerprint density at radius 3 is 2.58 bits per heavy atom. The van der Waals surface area contributed by atoms with Crippen LogP contribution in [0, 0.1) is 0 Å². The zero-order valence-corrected chi connectivity index (χ0v) is 19.1. The van der Waals surface area contributed by atoms with E-state index in [0.29, 0.717) is 30.6 Å². The summed E-state index contributed by atoms with van der Waals surface area (Å²) in [5, 5.41) is 8.38. The van der Waals surface area contributed by atoms with Crippen LogP contribution in [0.15, 0.2) is 60.7 Å². The topological polar surface area (TPSA) is 87.5 Å². The van der Waals surface area contributed by atoms with Gasteiger partial charge in [-0.3, -0.25) is 9.59 Å². The Labute approximate surface area is 195 Å². The Morgan fingerprint density at radius 2 is 1.79 bits per heavy atom. The third-order valence-corrected chi connectivity index (χ3v) is 6.22. The zero-order chi connectivity index (χ0) is 23.2. The van der Waals surface area contributed by atoms with Crippen molar-refractivity contribution in [2.24, 2.45) is 5.73 Å². The highest BCUT2D eigenvalue weighted by atomic mass is 16.2. The molecule has 6 nitrogen and oxygen atoms in total. The van der Waals surface area contributed by atoms with E-state index < -0.39 is 0 Å². The molecule has 1 heterocycles. The van der Waals surface area contributed by atoms with Crippen molar-refractivity contribution in [3.05, 3.63) is 71.8 Å². The predicted molar refractivity (Wildman–Crippen MR) is 135 cm³/mol. The number of nitrogens with two attached hydrogens (primary N) is 1. The largest absolute Gasteiger partial charge is 0.371 e. The Hall–Kier alpha value is -3.38. The summed E-state index contributed by atoms with van der Waals surface area (Å²) in [4.78, 5) is 27.9. The summed E-state index contributed by atoms with van der Waals surface area (Å²) in [5.74, 6) is -0.236. The molecule has 1 atom stereocenters. The number of amides is 2.